The molecular formula is C18H22N2O5. The zero-order chi connectivity index (χ0) is 18.2. The van der Waals surface area contributed by atoms with Gasteiger partial charge in [-0.2, -0.15) is 5.10 Å². The van der Waals surface area contributed by atoms with Crippen molar-refractivity contribution >= 4 is 17.6 Å². The minimum atomic E-state index is -1.36. The number of nitrogens with zero attached hydrogens (tertiary/aromatic N) is 1. The van der Waals surface area contributed by atoms with Crippen molar-refractivity contribution in [1.82, 2.24) is 5.43 Å². The second-order valence-corrected chi connectivity index (χ2v) is 6.62. The third kappa shape index (κ3) is 3.00. The lowest BCUT2D eigenvalue weighted by Crippen LogP contribution is -2.54. The summed E-state index contributed by atoms with van der Waals surface area (Å²) in [6, 6.07) is 7.15. The fourth-order valence-corrected chi connectivity index (χ4v) is 3.84. The Morgan fingerprint density at radius 3 is 2.68 bits per heavy atom. The van der Waals surface area contributed by atoms with Crippen LogP contribution >= 0.6 is 0 Å². The van der Waals surface area contributed by atoms with E-state index in [0.29, 0.717) is 11.5 Å². The van der Waals surface area contributed by atoms with Crippen LogP contribution in [0.5, 0.6) is 5.75 Å². The van der Waals surface area contributed by atoms with E-state index in [1.807, 2.05) is 0 Å². The van der Waals surface area contributed by atoms with Crippen LogP contribution in [-0.2, 0) is 14.3 Å². The molecule has 1 aromatic carbocycles. The summed E-state index contributed by atoms with van der Waals surface area (Å²) < 4.78 is 10.4. The number of aliphatic hydroxyl groups is 1. The SMILES string of the molecule is CCOC(=O)[C@H]1[C@H](c2ccc(OC)cc2)[C@H]2C(=O)NN=C2C[C@@]1(C)O. The summed E-state index contributed by atoms with van der Waals surface area (Å²) in [6.45, 7) is 3.51. The first-order valence-corrected chi connectivity index (χ1v) is 8.28. The first-order valence-electron chi connectivity index (χ1n) is 8.28. The first kappa shape index (κ1) is 17.4. The molecule has 0 aromatic heterocycles. The van der Waals surface area contributed by atoms with E-state index in [1.54, 1.807) is 45.2 Å². The van der Waals surface area contributed by atoms with Gasteiger partial charge in [0.2, 0.25) is 5.91 Å². The molecule has 134 valence electrons. The number of esters is 1. The van der Waals surface area contributed by atoms with Gasteiger partial charge in [-0.05, 0) is 31.5 Å². The van der Waals surface area contributed by atoms with Crippen molar-refractivity contribution in [2.45, 2.75) is 31.8 Å². The lowest BCUT2D eigenvalue weighted by Gasteiger charge is -2.43. The quantitative estimate of drug-likeness (QED) is 0.799. The Morgan fingerprint density at radius 1 is 1.40 bits per heavy atom. The number of fused-ring (bicyclic) bond motifs is 1. The number of carbonyl (C=O) groups is 2. The van der Waals surface area contributed by atoms with Crippen LogP contribution in [0.15, 0.2) is 29.4 Å². The van der Waals surface area contributed by atoms with E-state index in [-0.39, 0.29) is 18.9 Å². The fourth-order valence-electron chi connectivity index (χ4n) is 3.84. The molecule has 7 nitrogen and oxygen atoms in total. The number of hydrazone groups is 1. The smallest absolute Gasteiger partial charge is 0.312 e. The van der Waals surface area contributed by atoms with Crippen molar-refractivity contribution in [3.8, 4) is 5.75 Å². The zero-order valence-electron chi connectivity index (χ0n) is 14.5. The van der Waals surface area contributed by atoms with E-state index in [1.165, 1.54) is 0 Å². The predicted octanol–water partition coefficient (Wildman–Crippen LogP) is 1.21. The summed E-state index contributed by atoms with van der Waals surface area (Å²) in [5, 5.41) is 15.0. The normalized spacial score (nSPS) is 31.0. The second kappa shape index (κ2) is 6.48. The highest BCUT2D eigenvalue weighted by Crippen LogP contribution is 2.47. The summed E-state index contributed by atoms with van der Waals surface area (Å²) in [7, 11) is 1.57. The summed E-state index contributed by atoms with van der Waals surface area (Å²) in [5.41, 5.74) is 2.44. The molecule has 25 heavy (non-hydrogen) atoms. The first-order chi connectivity index (χ1) is 11.9. The Morgan fingerprint density at radius 2 is 2.08 bits per heavy atom. The fraction of sp³-hybridized carbons (Fsp3) is 0.500. The van der Waals surface area contributed by atoms with Gasteiger partial charge in [0.15, 0.2) is 0 Å². The molecule has 1 fully saturated rings. The zero-order valence-corrected chi connectivity index (χ0v) is 14.5. The monoisotopic (exact) mass is 346 g/mol. The third-order valence-electron chi connectivity index (χ3n) is 4.92. The molecule has 1 aliphatic carbocycles. The molecule has 4 atom stereocenters. The molecule has 1 aromatic rings. The van der Waals surface area contributed by atoms with E-state index in [9.17, 15) is 14.7 Å². The van der Waals surface area contributed by atoms with Gasteiger partial charge < -0.3 is 14.6 Å². The third-order valence-corrected chi connectivity index (χ3v) is 4.92. The van der Waals surface area contributed by atoms with Crippen molar-refractivity contribution in [2.24, 2.45) is 16.9 Å². The number of rotatable bonds is 4. The van der Waals surface area contributed by atoms with Gasteiger partial charge in [-0.25, -0.2) is 5.43 Å². The van der Waals surface area contributed by atoms with Gasteiger partial charge in [0.25, 0.3) is 0 Å². The van der Waals surface area contributed by atoms with Crippen LogP contribution in [-0.4, -0.2) is 42.0 Å². The Kier molecular flexibility index (Phi) is 4.51. The highest BCUT2D eigenvalue weighted by atomic mass is 16.5. The maximum Gasteiger partial charge on any atom is 0.312 e. The highest BCUT2D eigenvalue weighted by molar-refractivity contribution is 6.10. The van der Waals surface area contributed by atoms with Crippen LogP contribution in [0.25, 0.3) is 0 Å². The molecule has 2 aliphatic rings. The van der Waals surface area contributed by atoms with E-state index in [2.05, 4.69) is 10.5 Å². The Balaban J connectivity index is 2.09. The molecule has 0 bridgehead atoms. The van der Waals surface area contributed by atoms with Crippen molar-refractivity contribution in [1.29, 1.82) is 0 Å². The Hall–Kier alpha value is -2.41. The molecule has 0 spiro atoms. The number of amides is 1. The molecule has 1 amide bonds. The number of nitrogens with one attached hydrogen (secondary N) is 1. The number of ether oxygens (including phenoxy) is 2. The summed E-state index contributed by atoms with van der Waals surface area (Å²) in [4.78, 5) is 25.0. The van der Waals surface area contributed by atoms with E-state index in [4.69, 9.17) is 9.47 Å². The van der Waals surface area contributed by atoms with E-state index in [0.717, 1.165) is 5.56 Å². The van der Waals surface area contributed by atoms with E-state index >= 15 is 0 Å². The minimum absolute atomic E-state index is 0.145. The van der Waals surface area contributed by atoms with Crippen LogP contribution < -0.4 is 10.2 Å². The van der Waals surface area contributed by atoms with Gasteiger partial charge in [-0.15, -0.1) is 0 Å². The van der Waals surface area contributed by atoms with Gasteiger partial charge in [-0.3, -0.25) is 9.59 Å². The number of carbonyl (C=O) groups excluding carboxylic acids is 2. The summed E-state index contributed by atoms with van der Waals surface area (Å²) in [6.07, 6.45) is 0.145. The van der Waals surface area contributed by atoms with Crippen LogP contribution in [0.2, 0.25) is 0 Å². The van der Waals surface area contributed by atoms with Crippen molar-refractivity contribution in [3.05, 3.63) is 29.8 Å². The number of hydrogen-bond donors (Lipinski definition) is 2. The molecule has 7 heteroatoms. The summed E-state index contributed by atoms with van der Waals surface area (Å²) in [5.74, 6) is -2.12. The van der Waals surface area contributed by atoms with Gasteiger partial charge in [0.1, 0.15) is 5.75 Å². The van der Waals surface area contributed by atoms with Gasteiger partial charge >= 0.3 is 5.97 Å². The predicted molar refractivity (Wildman–Crippen MR) is 90.2 cm³/mol. The Labute approximate surface area is 146 Å². The number of benzene rings is 1. The molecule has 1 aliphatic heterocycles. The highest BCUT2D eigenvalue weighted by Gasteiger charge is 2.57. The maximum absolute atomic E-state index is 12.6. The molecule has 2 N–H and O–H groups in total. The second-order valence-electron chi connectivity index (χ2n) is 6.62. The van der Waals surface area contributed by atoms with E-state index < -0.39 is 29.3 Å². The standard InChI is InChI=1S/C18H22N2O5/c1-4-25-17(22)15-13(10-5-7-11(24-3)8-6-10)14-12(9-18(15,2)23)19-20-16(14)21/h5-8,13-15,23H,4,9H2,1-3H3,(H,20,21)/t13-,14+,15-,18-/m1/s1. The largest absolute Gasteiger partial charge is 0.497 e. The van der Waals surface area contributed by atoms with Gasteiger partial charge in [0.05, 0.1) is 36.9 Å². The Bertz CT molecular complexity index is 711. The average Bonchev–Trinajstić information content (AvgIpc) is 2.93. The average molecular weight is 346 g/mol. The topological polar surface area (TPSA) is 97.2 Å². The molecule has 0 unspecified atom stereocenters. The van der Waals surface area contributed by atoms with Gasteiger partial charge in [0, 0.05) is 12.3 Å². The van der Waals surface area contributed by atoms with Crippen LogP contribution in [0.4, 0.5) is 0 Å². The van der Waals surface area contributed by atoms with Crippen molar-refractivity contribution in [3.63, 3.8) is 0 Å². The van der Waals surface area contributed by atoms with Crippen molar-refractivity contribution < 1.29 is 24.2 Å². The van der Waals surface area contributed by atoms with Gasteiger partial charge in [-0.1, -0.05) is 12.1 Å². The molecule has 1 heterocycles. The van der Waals surface area contributed by atoms with Crippen LogP contribution in [0.1, 0.15) is 31.7 Å². The molecule has 1 saturated carbocycles. The molecule has 0 saturated heterocycles. The van der Waals surface area contributed by atoms with Crippen molar-refractivity contribution in [2.75, 3.05) is 13.7 Å². The molecular weight excluding hydrogens is 324 g/mol. The molecule has 0 radical (unpaired) electrons. The minimum Gasteiger partial charge on any atom is -0.497 e. The number of hydrogen-bond acceptors (Lipinski definition) is 6. The lowest BCUT2D eigenvalue weighted by molar-refractivity contribution is -0.160. The maximum atomic E-state index is 12.6. The lowest BCUT2D eigenvalue weighted by atomic mass is 9.61. The van der Waals surface area contributed by atoms with Crippen LogP contribution in [0.3, 0.4) is 0 Å². The molecule has 3 rings (SSSR count). The van der Waals surface area contributed by atoms with Crippen LogP contribution in [0, 0.1) is 11.8 Å². The summed E-state index contributed by atoms with van der Waals surface area (Å²) >= 11 is 0. The number of methoxy groups -OCH3 is 1.